The molecule has 0 N–H and O–H groups in total. The minimum absolute atomic E-state index is 0.0181. The van der Waals surface area contributed by atoms with Crippen molar-refractivity contribution in [3.8, 4) is 17.3 Å². The first-order chi connectivity index (χ1) is 23.3. The number of amides is 1. The Kier molecular flexibility index (Phi) is 12.1. The zero-order valence-corrected chi connectivity index (χ0v) is 29.2. The topological polar surface area (TPSA) is 74.7 Å². The second kappa shape index (κ2) is 15.7. The molecule has 0 spiro atoms. The number of aryl methyl sites for hydroxylation is 2. The fraction of sp³-hybridized carbons (Fsp3) is 0.514. The standard InChI is InChI=1S/C27H30F3N5O2.C8H14FN.C2H4/c1-6-17-10-8-12-19(22(17)27(28,29)30)23-16(3)24-20(14-31-23)25(33-26(32-24)37-5)34(4)18-11-9-13-35(15-18)21(36)7-2;1-8-3-2-4-10(8)6-7(9)5-8;1-2/h7-8,10,12,14,18H,2,6,9,11,13,15H2,1,3-5H3;7H,2-6H2,1H3;1-2H2. The van der Waals surface area contributed by atoms with Crippen molar-refractivity contribution in [1.82, 2.24) is 24.8 Å². The number of likely N-dealkylation sites (tertiary alicyclic amines) is 1. The van der Waals surface area contributed by atoms with E-state index in [0.29, 0.717) is 41.9 Å². The van der Waals surface area contributed by atoms with E-state index < -0.39 is 17.9 Å². The van der Waals surface area contributed by atoms with Crippen LogP contribution in [0.25, 0.3) is 22.2 Å². The molecule has 0 bridgehead atoms. The van der Waals surface area contributed by atoms with E-state index in [-0.39, 0.29) is 46.7 Å². The maximum absolute atomic E-state index is 14.1. The summed E-state index contributed by atoms with van der Waals surface area (Å²) in [7, 11) is 3.32. The Hall–Kier alpha value is -4.06. The number of aromatic nitrogens is 3. The van der Waals surface area contributed by atoms with Crippen LogP contribution < -0.4 is 9.64 Å². The van der Waals surface area contributed by atoms with E-state index in [4.69, 9.17) is 4.74 Å². The maximum atomic E-state index is 14.1. The molecular formula is C37H48F4N6O2. The summed E-state index contributed by atoms with van der Waals surface area (Å²) in [6.45, 7) is 18.2. The highest BCUT2D eigenvalue weighted by Gasteiger charge is 2.44. The van der Waals surface area contributed by atoms with Gasteiger partial charge in [0.05, 0.1) is 29.3 Å². The van der Waals surface area contributed by atoms with E-state index in [0.717, 1.165) is 25.8 Å². The molecule has 3 aliphatic rings. The highest BCUT2D eigenvalue weighted by Crippen LogP contribution is 2.42. The Balaban J connectivity index is 0.000000378. The smallest absolute Gasteiger partial charge is 0.417 e. The quantitative estimate of drug-likeness (QED) is 0.151. The van der Waals surface area contributed by atoms with Crippen LogP contribution in [-0.4, -0.2) is 88.7 Å². The van der Waals surface area contributed by atoms with E-state index in [2.05, 4.69) is 46.5 Å². The number of hydrogen-bond donors (Lipinski definition) is 0. The van der Waals surface area contributed by atoms with Gasteiger partial charge in [0.2, 0.25) is 5.91 Å². The van der Waals surface area contributed by atoms with Crippen LogP contribution in [0.4, 0.5) is 23.4 Å². The lowest BCUT2D eigenvalue weighted by Gasteiger charge is -2.38. The van der Waals surface area contributed by atoms with Crippen LogP contribution >= 0.6 is 0 Å². The van der Waals surface area contributed by atoms with E-state index in [1.165, 1.54) is 44.4 Å². The van der Waals surface area contributed by atoms with Gasteiger partial charge in [-0.05, 0) is 70.6 Å². The molecule has 12 heteroatoms. The molecule has 2 aromatic heterocycles. The number of carbonyl (C=O) groups excluding carboxylic acids is 1. The predicted octanol–water partition coefficient (Wildman–Crippen LogP) is 7.59. The first-order valence-corrected chi connectivity index (χ1v) is 16.7. The van der Waals surface area contributed by atoms with Crippen LogP contribution in [0.1, 0.15) is 62.6 Å². The fourth-order valence-corrected chi connectivity index (χ4v) is 7.41. The number of nitrogens with zero attached hydrogens (tertiary/aromatic N) is 6. The second-order valence-corrected chi connectivity index (χ2v) is 13.0. The molecule has 0 radical (unpaired) electrons. The largest absolute Gasteiger partial charge is 0.467 e. The third-order valence-electron chi connectivity index (χ3n) is 9.94. The zero-order valence-electron chi connectivity index (χ0n) is 29.2. The van der Waals surface area contributed by atoms with E-state index in [1.54, 1.807) is 24.8 Å². The van der Waals surface area contributed by atoms with E-state index >= 15 is 0 Å². The molecule has 6 rings (SSSR count). The van der Waals surface area contributed by atoms with Gasteiger partial charge in [-0.25, -0.2) is 4.39 Å². The van der Waals surface area contributed by atoms with Gasteiger partial charge in [-0.3, -0.25) is 14.7 Å². The molecule has 0 aliphatic carbocycles. The number of methoxy groups -OCH3 is 1. The lowest BCUT2D eigenvalue weighted by molar-refractivity contribution is -0.137. The highest BCUT2D eigenvalue weighted by molar-refractivity contribution is 5.94. The van der Waals surface area contributed by atoms with Crippen molar-refractivity contribution in [3.05, 3.63) is 66.9 Å². The van der Waals surface area contributed by atoms with Crippen LogP contribution in [0.5, 0.6) is 6.01 Å². The van der Waals surface area contributed by atoms with Crippen molar-refractivity contribution in [3.63, 3.8) is 0 Å². The number of ether oxygens (including phenoxy) is 1. The number of benzene rings is 1. The number of rotatable bonds is 6. The molecule has 5 heterocycles. The summed E-state index contributed by atoms with van der Waals surface area (Å²) >= 11 is 0. The molecule has 3 saturated heterocycles. The minimum Gasteiger partial charge on any atom is -0.467 e. The molecule has 3 aliphatic heterocycles. The molecule has 3 aromatic rings. The number of anilines is 1. The first kappa shape index (κ1) is 37.8. The summed E-state index contributed by atoms with van der Waals surface area (Å²) in [4.78, 5) is 31.8. The van der Waals surface area contributed by atoms with Crippen molar-refractivity contribution in [2.45, 2.75) is 83.2 Å². The molecule has 3 unspecified atom stereocenters. The molecule has 3 fully saturated rings. The van der Waals surface area contributed by atoms with Crippen molar-refractivity contribution >= 4 is 22.6 Å². The van der Waals surface area contributed by atoms with Gasteiger partial charge >= 0.3 is 12.2 Å². The zero-order chi connectivity index (χ0) is 36.1. The molecule has 1 amide bonds. The molecule has 8 nitrogen and oxygen atoms in total. The number of pyridine rings is 1. The SMILES string of the molecule is C=C.C=CC(=O)N1CCCC(N(C)c2nc(OC)nc3c(C)c(-c4cccc(CC)c4C(F)(F)F)ncc23)C1.CC12CCCN1CC(F)C2. The Labute approximate surface area is 286 Å². The maximum Gasteiger partial charge on any atom is 0.417 e. The van der Waals surface area contributed by atoms with Gasteiger partial charge in [0.25, 0.3) is 0 Å². The van der Waals surface area contributed by atoms with Crippen molar-refractivity contribution < 1.29 is 27.1 Å². The van der Waals surface area contributed by atoms with Gasteiger partial charge in [0, 0.05) is 55.6 Å². The average Bonchev–Trinajstić information content (AvgIpc) is 3.60. The summed E-state index contributed by atoms with van der Waals surface area (Å²) in [5.41, 5.74) is 0.957. The number of piperidine rings is 1. The molecule has 49 heavy (non-hydrogen) atoms. The number of fused-ring (bicyclic) bond motifs is 2. The summed E-state index contributed by atoms with van der Waals surface area (Å²) in [5.74, 6) is 0.417. The van der Waals surface area contributed by atoms with Gasteiger partial charge in [-0.15, -0.1) is 13.2 Å². The number of halogens is 4. The number of hydrogen-bond acceptors (Lipinski definition) is 7. The van der Waals surface area contributed by atoms with E-state index in [9.17, 15) is 22.4 Å². The molecule has 266 valence electrons. The first-order valence-electron chi connectivity index (χ1n) is 16.7. The van der Waals surface area contributed by atoms with Crippen molar-refractivity contribution in [2.75, 3.05) is 45.2 Å². The third-order valence-corrected chi connectivity index (χ3v) is 9.94. The lowest BCUT2D eigenvalue weighted by atomic mass is 9.94. The summed E-state index contributed by atoms with van der Waals surface area (Å²) in [6.07, 6.45) is 2.90. The monoisotopic (exact) mass is 684 g/mol. The normalized spacial score (nSPS) is 22.0. The van der Waals surface area contributed by atoms with Crippen LogP contribution in [0.2, 0.25) is 0 Å². The van der Waals surface area contributed by atoms with Gasteiger partial charge in [0.1, 0.15) is 12.0 Å². The molecule has 0 saturated carbocycles. The van der Waals surface area contributed by atoms with Crippen LogP contribution in [0.15, 0.2) is 50.2 Å². The second-order valence-electron chi connectivity index (χ2n) is 13.0. The molecule has 3 atom stereocenters. The summed E-state index contributed by atoms with van der Waals surface area (Å²) < 4.78 is 60.6. The highest BCUT2D eigenvalue weighted by atomic mass is 19.4. The average molecular weight is 685 g/mol. The Morgan fingerprint density at radius 1 is 1.18 bits per heavy atom. The molecular weight excluding hydrogens is 636 g/mol. The minimum atomic E-state index is -4.53. The van der Waals surface area contributed by atoms with Gasteiger partial charge in [-0.1, -0.05) is 31.7 Å². The predicted molar refractivity (Wildman–Crippen MR) is 187 cm³/mol. The van der Waals surface area contributed by atoms with E-state index in [1.807, 2.05) is 11.9 Å². The van der Waals surface area contributed by atoms with Gasteiger partial charge in [0.15, 0.2) is 0 Å². The van der Waals surface area contributed by atoms with Gasteiger partial charge in [-0.2, -0.15) is 23.1 Å². The third kappa shape index (κ3) is 7.90. The summed E-state index contributed by atoms with van der Waals surface area (Å²) in [6, 6.07) is 4.63. The lowest BCUT2D eigenvalue weighted by Crippen LogP contribution is -2.48. The fourth-order valence-electron chi connectivity index (χ4n) is 7.41. The number of carbonyl (C=O) groups is 1. The summed E-state index contributed by atoms with van der Waals surface area (Å²) in [5, 5.41) is 0.594. The molecule has 1 aromatic carbocycles. The van der Waals surface area contributed by atoms with Crippen LogP contribution in [0.3, 0.4) is 0 Å². The van der Waals surface area contributed by atoms with Crippen LogP contribution in [0, 0.1) is 6.92 Å². The Morgan fingerprint density at radius 3 is 2.55 bits per heavy atom. The van der Waals surface area contributed by atoms with Crippen molar-refractivity contribution in [2.24, 2.45) is 0 Å². The number of alkyl halides is 4. The van der Waals surface area contributed by atoms with Gasteiger partial charge < -0.3 is 14.5 Å². The van der Waals surface area contributed by atoms with Crippen LogP contribution in [-0.2, 0) is 17.4 Å². The van der Waals surface area contributed by atoms with Crippen molar-refractivity contribution in [1.29, 1.82) is 0 Å². The Morgan fingerprint density at radius 2 is 1.92 bits per heavy atom. The Bertz CT molecular complexity index is 1650. The number of likely N-dealkylation sites (N-methyl/N-ethyl adjacent to an activating group) is 1.